The van der Waals surface area contributed by atoms with E-state index in [1.165, 1.54) is 5.56 Å². The van der Waals surface area contributed by atoms with Crippen molar-refractivity contribution in [2.75, 3.05) is 24.5 Å². The summed E-state index contributed by atoms with van der Waals surface area (Å²) in [7, 11) is -3.35. The van der Waals surface area contributed by atoms with E-state index in [0.29, 0.717) is 18.0 Å². The number of sulfonamides is 1. The normalized spacial score (nSPS) is 18.5. The summed E-state index contributed by atoms with van der Waals surface area (Å²) in [5.74, 6) is 0. The van der Waals surface area contributed by atoms with Gasteiger partial charge in [0.25, 0.3) is 0 Å². The van der Waals surface area contributed by atoms with E-state index in [0.717, 1.165) is 43.7 Å². The lowest BCUT2D eigenvalue weighted by Crippen LogP contribution is -2.28. The van der Waals surface area contributed by atoms with Gasteiger partial charge in [0.15, 0.2) is 0 Å². The van der Waals surface area contributed by atoms with E-state index in [-0.39, 0.29) is 0 Å². The van der Waals surface area contributed by atoms with Gasteiger partial charge in [-0.05, 0) is 37.0 Å². The van der Waals surface area contributed by atoms with Crippen molar-refractivity contribution < 1.29 is 8.42 Å². The summed E-state index contributed by atoms with van der Waals surface area (Å²) >= 11 is 1.59. The zero-order valence-corrected chi connectivity index (χ0v) is 14.4. The summed E-state index contributed by atoms with van der Waals surface area (Å²) in [5.41, 5.74) is 5.13. The second-order valence-electron chi connectivity index (χ2n) is 6.05. The van der Waals surface area contributed by atoms with Crippen LogP contribution in [0.4, 0.5) is 5.69 Å². The van der Waals surface area contributed by atoms with Crippen LogP contribution in [0.15, 0.2) is 34.0 Å². The zero-order valence-electron chi connectivity index (χ0n) is 12.8. The average molecular weight is 349 g/mol. The van der Waals surface area contributed by atoms with E-state index >= 15 is 0 Å². The first kappa shape index (κ1) is 15.1. The van der Waals surface area contributed by atoms with Crippen molar-refractivity contribution in [3.05, 3.63) is 40.3 Å². The molecular formula is C16H19N3O2S2. The molecule has 0 bridgehead atoms. The van der Waals surface area contributed by atoms with Crippen molar-refractivity contribution in [3.8, 4) is 0 Å². The molecule has 0 amide bonds. The van der Waals surface area contributed by atoms with E-state index in [1.54, 1.807) is 21.7 Å². The number of hydrogen-bond acceptors (Lipinski definition) is 5. The van der Waals surface area contributed by atoms with E-state index in [2.05, 4.69) is 9.88 Å². The maximum atomic E-state index is 12.8. The molecule has 122 valence electrons. The van der Waals surface area contributed by atoms with Crippen LogP contribution in [-0.2, 0) is 23.0 Å². The predicted octanol–water partition coefficient (Wildman–Crippen LogP) is 2.49. The molecule has 7 heteroatoms. The van der Waals surface area contributed by atoms with Crippen molar-refractivity contribution in [1.82, 2.24) is 9.29 Å². The van der Waals surface area contributed by atoms with Gasteiger partial charge >= 0.3 is 0 Å². The van der Waals surface area contributed by atoms with Gasteiger partial charge in [-0.3, -0.25) is 0 Å². The second-order valence-corrected chi connectivity index (χ2v) is 8.71. The molecule has 23 heavy (non-hydrogen) atoms. The largest absolute Gasteiger partial charge is 0.365 e. The molecule has 5 nitrogen and oxygen atoms in total. The van der Waals surface area contributed by atoms with Crippen molar-refractivity contribution in [2.45, 2.75) is 30.7 Å². The van der Waals surface area contributed by atoms with Crippen LogP contribution < -0.4 is 4.90 Å². The highest BCUT2D eigenvalue weighted by molar-refractivity contribution is 7.89. The molecule has 0 unspecified atom stereocenters. The molecule has 4 rings (SSSR count). The maximum Gasteiger partial charge on any atom is 0.243 e. The minimum Gasteiger partial charge on any atom is -0.365 e. The molecule has 0 N–H and O–H groups in total. The van der Waals surface area contributed by atoms with E-state index < -0.39 is 10.0 Å². The lowest BCUT2D eigenvalue weighted by atomic mass is 10.2. The average Bonchev–Trinajstić information content (AvgIpc) is 3.30. The van der Waals surface area contributed by atoms with Gasteiger partial charge in [-0.2, -0.15) is 4.31 Å². The molecule has 0 radical (unpaired) electrons. The van der Waals surface area contributed by atoms with Gasteiger partial charge in [-0.15, -0.1) is 11.3 Å². The minimum atomic E-state index is -3.35. The predicted molar refractivity (Wildman–Crippen MR) is 91.3 cm³/mol. The van der Waals surface area contributed by atoms with Crippen molar-refractivity contribution in [2.24, 2.45) is 0 Å². The SMILES string of the molecule is O=S(=O)(c1ccc2c(c1)N(Cc1cscn1)CC2)N1CCCC1. The molecule has 0 aliphatic carbocycles. The Morgan fingerprint density at radius 1 is 1.17 bits per heavy atom. The monoisotopic (exact) mass is 349 g/mol. The summed E-state index contributed by atoms with van der Waals surface area (Å²) in [5, 5.41) is 2.04. The van der Waals surface area contributed by atoms with Crippen LogP contribution in [0, 0.1) is 0 Å². The quantitative estimate of drug-likeness (QED) is 0.851. The summed E-state index contributed by atoms with van der Waals surface area (Å²) in [4.78, 5) is 6.99. The molecule has 1 fully saturated rings. The zero-order chi connectivity index (χ0) is 15.9. The molecule has 0 spiro atoms. The fourth-order valence-electron chi connectivity index (χ4n) is 3.34. The van der Waals surface area contributed by atoms with Gasteiger partial charge < -0.3 is 4.90 Å². The van der Waals surface area contributed by atoms with Crippen LogP contribution in [-0.4, -0.2) is 37.3 Å². The third kappa shape index (κ3) is 2.77. The number of fused-ring (bicyclic) bond motifs is 1. The fourth-order valence-corrected chi connectivity index (χ4v) is 5.43. The Balaban J connectivity index is 1.65. The van der Waals surface area contributed by atoms with Gasteiger partial charge in [0, 0.05) is 30.7 Å². The highest BCUT2D eigenvalue weighted by atomic mass is 32.2. The molecular weight excluding hydrogens is 330 g/mol. The first-order valence-electron chi connectivity index (χ1n) is 7.90. The van der Waals surface area contributed by atoms with Crippen molar-refractivity contribution >= 4 is 27.0 Å². The number of nitrogens with zero attached hydrogens (tertiary/aromatic N) is 3. The Labute approximate surface area is 140 Å². The number of rotatable bonds is 4. The highest BCUT2D eigenvalue weighted by Gasteiger charge is 2.29. The van der Waals surface area contributed by atoms with Crippen LogP contribution in [0.25, 0.3) is 0 Å². The van der Waals surface area contributed by atoms with E-state index in [1.807, 2.05) is 23.0 Å². The highest BCUT2D eigenvalue weighted by Crippen LogP contribution is 2.33. The van der Waals surface area contributed by atoms with Gasteiger partial charge in [-0.1, -0.05) is 6.07 Å². The Morgan fingerprint density at radius 2 is 2.00 bits per heavy atom. The third-order valence-corrected chi connectivity index (χ3v) is 7.12. The Bertz CT molecular complexity index is 797. The summed E-state index contributed by atoms with van der Waals surface area (Å²) < 4.78 is 27.1. The number of hydrogen-bond donors (Lipinski definition) is 0. The second kappa shape index (κ2) is 5.89. The summed E-state index contributed by atoms with van der Waals surface area (Å²) in [6.07, 6.45) is 2.88. The van der Waals surface area contributed by atoms with Crippen LogP contribution in [0.5, 0.6) is 0 Å². The first-order valence-corrected chi connectivity index (χ1v) is 10.3. The van der Waals surface area contributed by atoms with Crippen molar-refractivity contribution in [1.29, 1.82) is 0 Å². The third-order valence-electron chi connectivity index (χ3n) is 4.59. The lowest BCUT2D eigenvalue weighted by molar-refractivity contribution is 0.477. The Kier molecular flexibility index (Phi) is 3.87. The summed E-state index contributed by atoms with van der Waals surface area (Å²) in [6.45, 7) is 2.94. The van der Waals surface area contributed by atoms with Crippen LogP contribution in [0.2, 0.25) is 0 Å². The standard InChI is InChI=1S/C16H19N3O2S2/c20-23(21,19-6-1-2-7-19)15-4-3-13-5-8-18(16(13)9-15)10-14-11-22-12-17-14/h3-4,9,11-12H,1-2,5-8,10H2. The van der Waals surface area contributed by atoms with E-state index in [9.17, 15) is 8.42 Å². The molecule has 0 saturated carbocycles. The van der Waals surface area contributed by atoms with Gasteiger partial charge in [-0.25, -0.2) is 13.4 Å². The number of benzene rings is 1. The number of aromatic nitrogens is 1. The molecule has 1 aromatic heterocycles. The number of thiazole rings is 1. The van der Waals surface area contributed by atoms with Gasteiger partial charge in [0.1, 0.15) is 0 Å². The lowest BCUT2D eigenvalue weighted by Gasteiger charge is -2.20. The molecule has 0 atom stereocenters. The Hall–Kier alpha value is -1.44. The smallest absolute Gasteiger partial charge is 0.243 e. The molecule has 3 heterocycles. The molecule has 1 saturated heterocycles. The Morgan fingerprint density at radius 3 is 2.74 bits per heavy atom. The molecule has 2 aliphatic rings. The van der Waals surface area contributed by atoms with Crippen LogP contribution in [0.3, 0.4) is 0 Å². The molecule has 2 aromatic rings. The fraction of sp³-hybridized carbons (Fsp3) is 0.438. The van der Waals surface area contributed by atoms with Crippen molar-refractivity contribution in [3.63, 3.8) is 0 Å². The molecule has 2 aliphatic heterocycles. The topological polar surface area (TPSA) is 53.5 Å². The number of anilines is 1. The molecule has 1 aromatic carbocycles. The minimum absolute atomic E-state index is 0.420. The van der Waals surface area contributed by atoms with Gasteiger partial charge in [0.05, 0.1) is 22.6 Å². The summed E-state index contributed by atoms with van der Waals surface area (Å²) in [6, 6.07) is 5.58. The van der Waals surface area contributed by atoms with Gasteiger partial charge in [0.2, 0.25) is 10.0 Å². The maximum absolute atomic E-state index is 12.8. The van der Waals surface area contributed by atoms with Crippen LogP contribution in [0.1, 0.15) is 24.1 Å². The van der Waals surface area contributed by atoms with Crippen LogP contribution >= 0.6 is 11.3 Å². The van der Waals surface area contributed by atoms with E-state index in [4.69, 9.17) is 0 Å². The first-order chi connectivity index (χ1) is 11.1.